The average Bonchev–Trinajstić information content (AvgIpc) is 3.76. The molecule has 33 heavy (non-hydrogen) atoms. The third-order valence-electron chi connectivity index (χ3n) is 5.92. The molecule has 2 aliphatic rings. The number of aromatic amines is 1. The lowest BCUT2D eigenvalue weighted by Crippen LogP contribution is -2.31. The highest BCUT2D eigenvalue weighted by atomic mass is 32.2. The number of methoxy groups -OCH3 is 1. The Labute approximate surface area is 192 Å². The first-order valence-electron chi connectivity index (χ1n) is 10.9. The third-order valence-corrected chi connectivity index (χ3v) is 6.92. The van der Waals surface area contributed by atoms with Gasteiger partial charge in [0.15, 0.2) is 5.65 Å². The monoisotopic (exact) mass is 463 g/mol. The molecule has 1 aromatic carbocycles. The van der Waals surface area contributed by atoms with Crippen LogP contribution in [0.3, 0.4) is 0 Å². The largest absolute Gasteiger partial charge is 0.497 e. The zero-order valence-electron chi connectivity index (χ0n) is 17.9. The second kappa shape index (κ2) is 7.87. The SMILES string of the molecule is COc1ccc(-c2cc(CSc3nc(C4CC4)nc4c3c(=O)[nH]c(=O)n4C3CC3)on2)cc1. The zero-order chi connectivity index (χ0) is 22.5. The number of rotatable bonds is 7. The van der Waals surface area contributed by atoms with Gasteiger partial charge in [0.05, 0.1) is 12.9 Å². The molecule has 0 radical (unpaired) electrons. The summed E-state index contributed by atoms with van der Waals surface area (Å²) in [5.41, 5.74) is 1.24. The summed E-state index contributed by atoms with van der Waals surface area (Å²) in [5, 5.41) is 5.11. The fraction of sp³-hybridized carbons (Fsp3) is 0.348. The van der Waals surface area contributed by atoms with Crippen molar-refractivity contribution in [2.24, 2.45) is 0 Å². The number of fused-ring (bicyclic) bond motifs is 1. The molecule has 0 aliphatic heterocycles. The predicted molar refractivity (Wildman–Crippen MR) is 123 cm³/mol. The molecule has 0 bridgehead atoms. The molecule has 3 aromatic heterocycles. The minimum absolute atomic E-state index is 0.0954. The van der Waals surface area contributed by atoms with E-state index in [9.17, 15) is 9.59 Å². The third kappa shape index (κ3) is 3.84. The maximum Gasteiger partial charge on any atom is 0.330 e. The number of nitrogens with zero attached hydrogens (tertiary/aromatic N) is 4. The van der Waals surface area contributed by atoms with Crippen molar-refractivity contribution in [2.45, 2.75) is 48.4 Å². The smallest absolute Gasteiger partial charge is 0.330 e. The van der Waals surface area contributed by atoms with Crippen LogP contribution in [-0.2, 0) is 5.75 Å². The van der Waals surface area contributed by atoms with Crippen LogP contribution in [0.1, 0.15) is 49.2 Å². The van der Waals surface area contributed by atoms with Crippen molar-refractivity contribution in [2.75, 3.05) is 7.11 Å². The highest BCUT2D eigenvalue weighted by molar-refractivity contribution is 7.98. The minimum Gasteiger partial charge on any atom is -0.497 e. The van der Waals surface area contributed by atoms with E-state index in [1.54, 1.807) is 11.7 Å². The second-order valence-electron chi connectivity index (χ2n) is 8.42. The van der Waals surface area contributed by atoms with E-state index in [2.05, 4.69) is 15.1 Å². The van der Waals surface area contributed by atoms with Crippen molar-refractivity contribution in [3.05, 3.63) is 62.8 Å². The van der Waals surface area contributed by atoms with Crippen LogP contribution < -0.4 is 16.0 Å². The standard InChI is InChI=1S/C23H21N5O4S/c1-31-15-8-4-12(5-9-15)17-10-16(32-27-17)11-33-22-18-20(24-19(25-22)13-2-3-13)28(14-6-7-14)23(30)26-21(18)29/h4-5,8-10,13-14H,2-3,6-7,11H2,1H3,(H,26,29,30). The molecule has 2 aliphatic carbocycles. The van der Waals surface area contributed by atoms with E-state index in [0.29, 0.717) is 39.3 Å². The van der Waals surface area contributed by atoms with Gasteiger partial charge in [0.2, 0.25) is 0 Å². The molecule has 3 heterocycles. The Hall–Kier alpha value is -3.40. The first-order valence-corrected chi connectivity index (χ1v) is 11.9. The Morgan fingerprint density at radius 2 is 1.94 bits per heavy atom. The predicted octanol–water partition coefficient (Wildman–Crippen LogP) is 3.65. The van der Waals surface area contributed by atoms with E-state index in [1.165, 1.54) is 11.8 Å². The van der Waals surface area contributed by atoms with Gasteiger partial charge in [0, 0.05) is 23.6 Å². The molecule has 6 rings (SSSR count). The molecule has 0 unspecified atom stereocenters. The fourth-order valence-corrected chi connectivity index (χ4v) is 4.75. The maximum absolute atomic E-state index is 12.8. The number of thioether (sulfide) groups is 1. The second-order valence-corrected chi connectivity index (χ2v) is 9.38. The van der Waals surface area contributed by atoms with E-state index >= 15 is 0 Å². The van der Waals surface area contributed by atoms with Gasteiger partial charge in [-0.25, -0.2) is 14.8 Å². The molecular formula is C23H21N5O4S. The van der Waals surface area contributed by atoms with Crippen LogP contribution in [0.5, 0.6) is 5.75 Å². The minimum atomic E-state index is -0.451. The van der Waals surface area contributed by atoms with E-state index < -0.39 is 11.2 Å². The number of H-pyrrole nitrogens is 1. The maximum atomic E-state index is 12.8. The van der Waals surface area contributed by atoms with Crippen LogP contribution in [0, 0.1) is 0 Å². The van der Waals surface area contributed by atoms with Crippen LogP contribution in [0.15, 0.2) is 49.5 Å². The first-order chi connectivity index (χ1) is 16.1. The van der Waals surface area contributed by atoms with Crippen molar-refractivity contribution < 1.29 is 9.26 Å². The van der Waals surface area contributed by atoms with E-state index in [-0.39, 0.29) is 6.04 Å². The molecular weight excluding hydrogens is 442 g/mol. The molecule has 10 heteroatoms. The lowest BCUT2D eigenvalue weighted by molar-refractivity contribution is 0.397. The number of hydrogen-bond acceptors (Lipinski definition) is 8. The Bertz CT molecular complexity index is 1470. The lowest BCUT2D eigenvalue weighted by Gasteiger charge is -2.11. The number of ether oxygens (including phenoxy) is 1. The normalized spacial score (nSPS) is 15.8. The Morgan fingerprint density at radius 3 is 2.64 bits per heavy atom. The van der Waals surface area contributed by atoms with Crippen LogP contribution in [0.25, 0.3) is 22.3 Å². The fourth-order valence-electron chi connectivity index (χ4n) is 3.85. The van der Waals surface area contributed by atoms with Gasteiger partial charge in [0.25, 0.3) is 5.56 Å². The zero-order valence-corrected chi connectivity index (χ0v) is 18.7. The van der Waals surface area contributed by atoms with Gasteiger partial charge < -0.3 is 9.26 Å². The summed E-state index contributed by atoms with van der Waals surface area (Å²) in [5.74, 6) is 2.89. The van der Waals surface area contributed by atoms with Crippen LogP contribution in [0.2, 0.25) is 0 Å². The molecule has 1 N–H and O–H groups in total. The Kier molecular flexibility index (Phi) is 4.83. The Morgan fingerprint density at radius 1 is 1.15 bits per heavy atom. The summed E-state index contributed by atoms with van der Waals surface area (Å²) in [6, 6.07) is 9.56. The van der Waals surface area contributed by atoms with Crippen LogP contribution >= 0.6 is 11.8 Å². The lowest BCUT2D eigenvalue weighted by atomic mass is 10.1. The van der Waals surface area contributed by atoms with Gasteiger partial charge in [-0.05, 0) is 49.9 Å². The summed E-state index contributed by atoms with van der Waals surface area (Å²) < 4.78 is 12.4. The molecule has 9 nitrogen and oxygen atoms in total. The summed E-state index contributed by atoms with van der Waals surface area (Å²) in [6.45, 7) is 0. The molecule has 168 valence electrons. The van der Waals surface area contributed by atoms with E-state index in [4.69, 9.17) is 14.2 Å². The summed E-state index contributed by atoms with van der Waals surface area (Å²) >= 11 is 1.40. The molecule has 0 saturated heterocycles. The number of hydrogen-bond donors (Lipinski definition) is 1. The molecule has 4 aromatic rings. The summed E-state index contributed by atoms with van der Waals surface area (Å²) in [6.07, 6.45) is 3.89. The van der Waals surface area contributed by atoms with Crippen molar-refractivity contribution >= 4 is 22.8 Å². The van der Waals surface area contributed by atoms with Crippen molar-refractivity contribution in [3.63, 3.8) is 0 Å². The number of benzene rings is 1. The highest BCUT2D eigenvalue weighted by Gasteiger charge is 2.32. The molecule has 2 saturated carbocycles. The average molecular weight is 464 g/mol. The topological polar surface area (TPSA) is 116 Å². The van der Waals surface area contributed by atoms with Gasteiger partial charge in [-0.15, -0.1) is 0 Å². The molecule has 0 amide bonds. The van der Waals surface area contributed by atoms with Crippen LogP contribution in [-0.4, -0.2) is 31.8 Å². The highest BCUT2D eigenvalue weighted by Crippen LogP contribution is 2.41. The van der Waals surface area contributed by atoms with Gasteiger partial charge >= 0.3 is 5.69 Å². The van der Waals surface area contributed by atoms with Crippen molar-refractivity contribution in [3.8, 4) is 17.0 Å². The first kappa shape index (κ1) is 20.2. The van der Waals surface area contributed by atoms with Crippen molar-refractivity contribution in [1.82, 2.24) is 24.7 Å². The van der Waals surface area contributed by atoms with Crippen molar-refractivity contribution in [1.29, 1.82) is 0 Å². The summed E-state index contributed by atoms with van der Waals surface area (Å²) in [4.78, 5) is 37.1. The van der Waals surface area contributed by atoms with Crippen LogP contribution in [0.4, 0.5) is 0 Å². The van der Waals surface area contributed by atoms with Gasteiger partial charge in [-0.3, -0.25) is 14.3 Å². The van der Waals surface area contributed by atoms with Gasteiger partial charge in [-0.2, -0.15) is 0 Å². The quantitative estimate of drug-likeness (QED) is 0.326. The summed E-state index contributed by atoms with van der Waals surface area (Å²) in [7, 11) is 1.63. The number of nitrogens with one attached hydrogen (secondary N) is 1. The van der Waals surface area contributed by atoms with Gasteiger partial charge in [0.1, 0.15) is 33.4 Å². The Balaban J connectivity index is 1.34. The molecule has 2 fully saturated rings. The van der Waals surface area contributed by atoms with E-state index in [1.807, 2.05) is 30.3 Å². The number of aromatic nitrogens is 5. The van der Waals surface area contributed by atoms with E-state index in [0.717, 1.165) is 42.7 Å². The molecule has 0 atom stereocenters. The molecule has 0 spiro atoms. The van der Waals surface area contributed by atoms with Gasteiger partial charge in [-0.1, -0.05) is 16.9 Å².